The van der Waals surface area contributed by atoms with E-state index in [0.29, 0.717) is 26.2 Å². The summed E-state index contributed by atoms with van der Waals surface area (Å²) in [5.41, 5.74) is -1.08. The molecular formula is C14H16ClF5N2. The average Bonchev–Trinajstić information content (AvgIpc) is 2.45. The quantitative estimate of drug-likeness (QED) is 0.833. The molecule has 1 aromatic carbocycles. The number of rotatable bonds is 4. The Kier molecular flexibility index (Phi) is 5.63. The summed E-state index contributed by atoms with van der Waals surface area (Å²) >= 11 is 5.65. The first-order chi connectivity index (χ1) is 10.3. The predicted octanol–water partition coefficient (Wildman–Crippen LogP) is 3.96. The third-order valence-corrected chi connectivity index (χ3v) is 3.91. The third kappa shape index (κ3) is 4.30. The van der Waals surface area contributed by atoms with E-state index in [1.54, 1.807) is 4.90 Å². The van der Waals surface area contributed by atoms with Gasteiger partial charge in [-0.2, -0.15) is 13.2 Å². The fourth-order valence-electron chi connectivity index (χ4n) is 2.70. The lowest BCUT2D eigenvalue weighted by molar-refractivity contribution is -0.139. The van der Waals surface area contributed by atoms with Crippen LogP contribution in [0.4, 0.5) is 22.0 Å². The van der Waals surface area contributed by atoms with Gasteiger partial charge in [-0.3, -0.25) is 4.90 Å². The summed E-state index contributed by atoms with van der Waals surface area (Å²) in [5, 5.41) is 2.99. The molecule has 1 heterocycles. The van der Waals surface area contributed by atoms with E-state index < -0.39 is 30.6 Å². The molecule has 1 aliphatic heterocycles. The molecule has 1 saturated heterocycles. The Balaban J connectivity index is 2.42. The molecule has 2 rings (SSSR count). The predicted molar refractivity (Wildman–Crippen MR) is 74.3 cm³/mol. The van der Waals surface area contributed by atoms with Gasteiger partial charge in [0, 0.05) is 43.7 Å². The maximum absolute atomic E-state index is 13.2. The van der Waals surface area contributed by atoms with Crippen LogP contribution in [0, 0.1) is 0 Å². The number of alkyl halides is 5. The van der Waals surface area contributed by atoms with E-state index >= 15 is 0 Å². The van der Waals surface area contributed by atoms with Crippen molar-refractivity contribution in [1.82, 2.24) is 10.2 Å². The third-order valence-electron chi connectivity index (χ3n) is 3.67. The highest BCUT2D eigenvalue weighted by atomic mass is 35.5. The Bertz CT molecular complexity index is 500. The SMILES string of the molecule is FC(F)C[C@H](c1ccc(Cl)cc1C(F)(F)F)N1CCNCC1. The molecule has 1 atom stereocenters. The van der Waals surface area contributed by atoms with Crippen molar-refractivity contribution < 1.29 is 22.0 Å². The minimum absolute atomic E-state index is 0.0628. The van der Waals surface area contributed by atoms with Gasteiger partial charge < -0.3 is 5.32 Å². The molecule has 0 unspecified atom stereocenters. The first kappa shape index (κ1) is 17.4. The van der Waals surface area contributed by atoms with Crippen LogP contribution in [0.15, 0.2) is 18.2 Å². The minimum atomic E-state index is -4.63. The van der Waals surface area contributed by atoms with Gasteiger partial charge in [-0.1, -0.05) is 17.7 Å². The lowest BCUT2D eigenvalue weighted by Gasteiger charge is -2.36. The van der Waals surface area contributed by atoms with Crippen LogP contribution in [0.5, 0.6) is 0 Å². The second-order valence-corrected chi connectivity index (χ2v) is 5.59. The molecule has 1 fully saturated rings. The zero-order valence-corrected chi connectivity index (χ0v) is 12.4. The lowest BCUT2D eigenvalue weighted by atomic mass is 9.95. The second kappa shape index (κ2) is 7.10. The number of benzene rings is 1. The maximum Gasteiger partial charge on any atom is 0.416 e. The fraction of sp³-hybridized carbons (Fsp3) is 0.571. The number of hydrogen-bond acceptors (Lipinski definition) is 2. The molecule has 124 valence electrons. The van der Waals surface area contributed by atoms with Gasteiger partial charge >= 0.3 is 6.18 Å². The average molecular weight is 343 g/mol. The molecule has 8 heteroatoms. The number of piperazine rings is 1. The summed E-state index contributed by atoms with van der Waals surface area (Å²) in [4.78, 5) is 1.67. The normalized spacial score (nSPS) is 18.7. The van der Waals surface area contributed by atoms with Crippen molar-refractivity contribution in [2.45, 2.75) is 25.1 Å². The Morgan fingerprint density at radius 3 is 2.36 bits per heavy atom. The highest BCUT2D eigenvalue weighted by Crippen LogP contribution is 2.39. The van der Waals surface area contributed by atoms with Crippen molar-refractivity contribution in [2.24, 2.45) is 0 Å². The van der Waals surface area contributed by atoms with Crippen LogP contribution < -0.4 is 5.32 Å². The zero-order chi connectivity index (χ0) is 16.3. The molecule has 0 aliphatic carbocycles. The van der Waals surface area contributed by atoms with Crippen molar-refractivity contribution in [1.29, 1.82) is 0 Å². The summed E-state index contributed by atoms with van der Waals surface area (Å²) < 4.78 is 65.4. The molecule has 0 amide bonds. The molecular weight excluding hydrogens is 327 g/mol. The maximum atomic E-state index is 13.2. The minimum Gasteiger partial charge on any atom is -0.314 e. The van der Waals surface area contributed by atoms with Crippen LogP contribution in [0.2, 0.25) is 5.02 Å². The molecule has 1 aromatic rings. The number of nitrogens with zero attached hydrogens (tertiary/aromatic N) is 1. The summed E-state index contributed by atoms with van der Waals surface area (Å²) in [5.74, 6) is 0. The summed E-state index contributed by atoms with van der Waals surface area (Å²) in [6.07, 6.45) is -7.95. The monoisotopic (exact) mass is 342 g/mol. The van der Waals surface area contributed by atoms with Crippen molar-refractivity contribution in [3.05, 3.63) is 34.3 Å². The van der Waals surface area contributed by atoms with Gasteiger partial charge in [0.05, 0.1) is 5.56 Å². The molecule has 1 aliphatic rings. The van der Waals surface area contributed by atoms with E-state index in [4.69, 9.17) is 11.6 Å². The summed E-state index contributed by atoms with van der Waals surface area (Å²) in [7, 11) is 0. The van der Waals surface area contributed by atoms with E-state index in [1.807, 2.05) is 0 Å². The molecule has 2 nitrogen and oxygen atoms in total. The molecule has 1 N–H and O–H groups in total. The van der Waals surface area contributed by atoms with Crippen LogP contribution in [0.1, 0.15) is 23.6 Å². The van der Waals surface area contributed by atoms with E-state index in [9.17, 15) is 22.0 Å². The number of hydrogen-bond donors (Lipinski definition) is 1. The molecule has 0 bridgehead atoms. The van der Waals surface area contributed by atoms with Gasteiger partial charge in [0.25, 0.3) is 0 Å². The summed E-state index contributed by atoms with van der Waals surface area (Å²) in [6.45, 7) is 1.98. The topological polar surface area (TPSA) is 15.3 Å². The van der Waals surface area contributed by atoms with Crippen LogP contribution in [-0.2, 0) is 6.18 Å². The van der Waals surface area contributed by atoms with Gasteiger partial charge in [0.2, 0.25) is 6.43 Å². The molecule has 0 radical (unpaired) electrons. The van der Waals surface area contributed by atoms with Crippen molar-refractivity contribution >= 4 is 11.6 Å². The number of halogens is 6. The molecule has 22 heavy (non-hydrogen) atoms. The van der Waals surface area contributed by atoms with Gasteiger partial charge in [-0.15, -0.1) is 0 Å². The van der Waals surface area contributed by atoms with Crippen LogP contribution in [0.3, 0.4) is 0 Å². The summed E-state index contributed by atoms with van der Waals surface area (Å²) in [6, 6.07) is 2.35. The highest BCUT2D eigenvalue weighted by Gasteiger charge is 2.37. The number of nitrogens with one attached hydrogen (secondary N) is 1. The Morgan fingerprint density at radius 2 is 1.82 bits per heavy atom. The largest absolute Gasteiger partial charge is 0.416 e. The standard InChI is InChI=1S/C14H16ClF5N2/c15-9-1-2-10(11(7-9)14(18,19)20)12(8-13(16)17)22-5-3-21-4-6-22/h1-2,7,12-13,21H,3-6,8H2/t12-/m1/s1. The molecule has 0 saturated carbocycles. The van der Waals surface area contributed by atoms with E-state index in [0.717, 1.165) is 6.07 Å². The molecule has 0 aromatic heterocycles. The van der Waals surface area contributed by atoms with Crippen molar-refractivity contribution in [3.8, 4) is 0 Å². The second-order valence-electron chi connectivity index (χ2n) is 5.16. The first-order valence-corrected chi connectivity index (χ1v) is 7.26. The lowest BCUT2D eigenvalue weighted by Crippen LogP contribution is -2.45. The fourth-order valence-corrected chi connectivity index (χ4v) is 2.87. The van der Waals surface area contributed by atoms with E-state index in [1.165, 1.54) is 12.1 Å². The van der Waals surface area contributed by atoms with E-state index in [-0.39, 0.29) is 10.6 Å². The van der Waals surface area contributed by atoms with Gasteiger partial charge in [-0.05, 0) is 17.7 Å². The van der Waals surface area contributed by atoms with Gasteiger partial charge in [-0.25, -0.2) is 8.78 Å². The molecule has 0 spiro atoms. The Morgan fingerprint density at radius 1 is 1.18 bits per heavy atom. The zero-order valence-electron chi connectivity index (χ0n) is 11.6. The Labute approximate surface area is 130 Å². The van der Waals surface area contributed by atoms with Gasteiger partial charge in [0.1, 0.15) is 0 Å². The van der Waals surface area contributed by atoms with E-state index in [2.05, 4.69) is 5.32 Å². The van der Waals surface area contributed by atoms with Crippen molar-refractivity contribution in [3.63, 3.8) is 0 Å². The first-order valence-electron chi connectivity index (χ1n) is 6.88. The van der Waals surface area contributed by atoms with Gasteiger partial charge in [0.15, 0.2) is 0 Å². The van der Waals surface area contributed by atoms with Crippen LogP contribution in [-0.4, -0.2) is 37.5 Å². The van der Waals surface area contributed by atoms with Crippen LogP contribution >= 0.6 is 11.6 Å². The van der Waals surface area contributed by atoms with Crippen molar-refractivity contribution in [2.75, 3.05) is 26.2 Å². The van der Waals surface area contributed by atoms with Crippen LogP contribution in [0.25, 0.3) is 0 Å². The Hall–Kier alpha value is -0.920. The smallest absolute Gasteiger partial charge is 0.314 e. The highest BCUT2D eigenvalue weighted by molar-refractivity contribution is 6.30.